The lowest BCUT2D eigenvalue weighted by molar-refractivity contribution is -0.122. The summed E-state index contributed by atoms with van der Waals surface area (Å²) in [6.07, 6.45) is 1.58. The molecule has 0 aromatic heterocycles. The minimum absolute atomic E-state index is 0.000209. The van der Waals surface area contributed by atoms with Crippen molar-refractivity contribution in [2.24, 2.45) is 11.7 Å². The fraction of sp³-hybridized carbons (Fsp3) is 0.417. The first-order valence-electron chi connectivity index (χ1n) is 5.67. The molecule has 0 unspecified atom stereocenters. The molecule has 1 saturated heterocycles. The van der Waals surface area contributed by atoms with E-state index in [1.165, 1.54) is 0 Å². The molecule has 17 heavy (non-hydrogen) atoms. The first kappa shape index (κ1) is 12.0. The minimum atomic E-state index is -0.200. The van der Waals surface area contributed by atoms with Crippen molar-refractivity contribution in [1.82, 2.24) is 0 Å². The summed E-state index contributed by atoms with van der Waals surface area (Å²) >= 11 is 5.86. The highest BCUT2D eigenvalue weighted by Crippen LogP contribution is 2.29. The van der Waals surface area contributed by atoms with E-state index < -0.39 is 0 Å². The summed E-state index contributed by atoms with van der Waals surface area (Å²) in [4.78, 5) is 13.2. The maximum atomic E-state index is 11.1. The van der Waals surface area contributed by atoms with E-state index in [0.717, 1.165) is 31.6 Å². The van der Waals surface area contributed by atoms with Crippen LogP contribution in [0.1, 0.15) is 12.8 Å². The monoisotopic (exact) mass is 253 g/mol. The highest BCUT2D eigenvalue weighted by molar-refractivity contribution is 6.31. The summed E-state index contributed by atoms with van der Waals surface area (Å²) in [5.74, 6) is -0.200. The molecule has 0 spiro atoms. The Bertz CT molecular complexity index is 428. The fourth-order valence-corrected chi connectivity index (χ4v) is 2.40. The molecule has 1 aliphatic heterocycles. The topological polar surface area (TPSA) is 72.4 Å². The van der Waals surface area contributed by atoms with Gasteiger partial charge < -0.3 is 16.4 Å². The molecule has 92 valence electrons. The van der Waals surface area contributed by atoms with Gasteiger partial charge in [-0.05, 0) is 31.0 Å². The van der Waals surface area contributed by atoms with Gasteiger partial charge in [0, 0.05) is 24.0 Å². The molecule has 0 atom stereocenters. The zero-order valence-electron chi connectivity index (χ0n) is 9.53. The van der Waals surface area contributed by atoms with Gasteiger partial charge in [-0.3, -0.25) is 4.79 Å². The molecule has 0 saturated carbocycles. The number of primary amides is 1. The number of nitrogens with zero attached hydrogens (tertiary/aromatic N) is 1. The van der Waals surface area contributed by atoms with Gasteiger partial charge in [0.1, 0.15) is 0 Å². The average Bonchev–Trinajstić information content (AvgIpc) is 2.29. The summed E-state index contributed by atoms with van der Waals surface area (Å²) < 4.78 is 0. The van der Waals surface area contributed by atoms with Crippen LogP contribution in [0.3, 0.4) is 0 Å². The zero-order chi connectivity index (χ0) is 12.4. The van der Waals surface area contributed by atoms with Crippen molar-refractivity contribution in [1.29, 1.82) is 0 Å². The third-order valence-electron chi connectivity index (χ3n) is 3.23. The Hall–Kier alpha value is -1.42. The van der Waals surface area contributed by atoms with Crippen LogP contribution in [0, 0.1) is 5.92 Å². The molecule has 1 fully saturated rings. The fourth-order valence-electron chi connectivity index (χ4n) is 2.22. The number of hydrogen-bond acceptors (Lipinski definition) is 3. The van der Waals surface area contributed by atoms with E-state index >= 15 is 0 Å². The van der Waals surface area contributed by atoms with Crippen molar-refractivity contribution in [3.63, 3.8) is 0 Å². The predicted molar refractivity (Wildman–Crippen MR) is 70.0 cm³/mol. The van der Waals surface area contributed by atoms with Gasteiger partial charge in [-0.1, -0.05) is 11.6 Å². The summed E-state index contributed by atoms with van der Waals surface area (Å²) in [6.45, 7) is 1.61. The van der Waals surface area contributed by atoms with Crippen LogP contribution in [0.5, 0.6) is 0 Å². The molecule has 5 heteroatoms. The molecule has 2 rings (SSSR count). The summed E-state index contributed by atoms with van der Waals surface area (Å²) in [6, 6.07) is 5.49. The Balaban J connectivity index is 2.08. The maximum absolute atomic E-state index is 11.1. The number of carbonyl (C=O) groups is 1. The van der Waals surface area contributed by atoms with Crippen molar-refractivity contribution in [2.75, 3.05) is 23.7 Å². The lowest BCUT2D eigenvalue weighted by Crippen LogP contribution is -2.38. The molecule has 4 N–H and O–H groups in total. The number of carbonyl (C=O) groups excluding carboxylic acids is 1. The van der Waals surface area contributed by atoms with Gasteiger partial charge in [-0.25, -0.2) is 0 Å². The average molecular weight is 254 g/mol. The van der Waals surface area contributed by atoms with Crippen LogP contribution in [-0.2, 0) is 4.79 Å². The molecule has 4 nitrogen and oxygen atoms in total. The number of benzene rings is 1. The van der Waals surface area contributed by atoms with Crippen LogP contribution >= 0.6 is 11.6 Å². The van der Waals surface area contributed by atoms with E-state index in [1.807, 2.05) is 12.1 Å². The highest BCUT2D eigenvalue weighted by atomic mass is 35.5. The van der Waals surface area contributed by atoms with Crippen LogP contribution in [0.4, 0.5) is 11.4 Å². The number of nitrogen functional groups attached to an aromatic ring is 1. The molecular formula is C12H16ClN3O. The van der Waals surface area contributed by atoms with Crippen molar-refractivity contribution in [3.05, 3.63) is 23.2 Å². The number of halogens is 1. The molecule has 1 amide bonds. The maximum Gasteiger partial charge on any atom is 0.220 e. The Labute approximate surface area is 106 Å². The third kappa shape index (κ3) is 2.64. The standard InChI is InChI=1S/C12H16ClN3O/c13-9-1-2-11(10(14)7-9)16-5-3-8(4-6-16)12(15)17/h1-2,7-8H,3-6,14H2,(H2,15,17). The van der Waals surface area contributed by atoms with E-state index in [4.69, 9.17) is 23.1 Å². The predicted octanol–water partition coefficient (Wildman–Crippen LogP) is 1.62. The van der Waals surface area contributed by atoms with Crippen LogP contribution in [0.25, 0.3) is 0 Å². The van der Waals surface area contributed by atoms with E-state index in [2.05, 4.69) is 4.90 Å². The van der Waals surface area contributed by atoms with Crippen LogP contribution in [-0.4, -0.2) is 19.0 Å². The quantitative estimate of drug-likeness (QED) is 0.787. The van der Waals surface area contributed by atoms with Gasteiger partial charge in [0.15, 0.2) is 0 Å². The normalized spacial score (nSPS) is 17.1. The van der Waals surface area contributed by atoms with Crippen molar-refractivity contribution in [2.45, 2.75) is 12.8 Å². The van der Waals surface area contributed by atoms with Crippen LogP contribution in [0.15, 0.2) is 18.2 Å². The molecule has 1 heterocycles. The molecule has 1 aromatic rings. The van der Waals surface area contributed by atoms with Crippen molar-refractivity contribution >= 4 is 28.9 Å². The van der Waals surface area contributed by atoms with E-state index in [0.29, 0.717) is 10.7 Å². The van der Waals surface area contributed by atoms with Gasteiger partial charge in [-0.15, -0.1) is 0 Å². The van der Waals surface area contributed by atoms with Gasteiger partial charge >= 0.3 is 0 Å². The van der Waals surface area contributed by atoms with Gasteiger partial charge in [0.2, 0.25) is 5.91 Å². The number of hydrogen-bond donors (Lipinski definition) is 2. The van der Waals surface area contributed by atoms with E-state index in [9.17, 15) is 4.79 Å². The van der Waals surface area contributed by atoms with E-state index in [1.54, 1.807) is 6.07 Å². The second-order valence-electron chi connectivity index (χ2n) is 4.37. The minimum Gasteiger partial charge on any atom is -0.397 e. The number of rotatable bonds is 2. The first-order valence-corrected chi connectivity index (χ1v) is 6.05. The number of piperidine rings is 1. The van der Waals surface area contributed by atoms with Crippen LogP contribution < -0.4 is 16.4 Å². The lowest BCUT2D eigenvalue weighted by Gasteiger charge is -2.33. The molecule has 0 radical (unpaired) electrons. The Morgan fingerprint density at radius 3 is 2.53 bits per heavy atom. The molecule has 0 aliphatic carbocycles. The second kappa shape index (κ2) is 4.84. The van der Waals surface area contributed by atoms with Gasteiger partial charge in [-0.2, -0.15) is 0 Å². The molecule has 0 bridgehead atoms. The summed E-state index contributed by atoms with van der Waals surface area (Å²) in [7, 11) is 0. The second-order valence-corrected chi connectivity index (χ2v) is 4.80. The summed E-state index contributed by atoms with van der Waals surface area (Å²) in [5, 5.41) is 0.637. The largest absolute Gasteiger partial charge is 0.397 e. The van der Waals surface area contributed by atoms with Crippen LogP contribution in [0.2, 0.25) is 5.02 Å². The Morgan fingerprint density at radius 1 is 1.35 bits per heavy atom. The molecule has 1 aliphatic rings. The Kier molecular flexibility index (Phi) is 3.43. The lowest BCUT2D eigenvalue weighted by atomic mass is 9.96. The van der Waals surface area contributed by atoms with Gasteiger partial charge in [0.25, 0.3) is 0 Å². The number of nitrogens with two attached hydrogens (primary N) is 2. The highest BCUT2D eigenvalue weighted by Gasteiger charge is 2.23. The smallest absolute Gasteiger partial charge is 0.220 e. The third-order valence-corrected chi connectivity index (χ3v) is 3.46. The Morgan fingerprint density at radius 2 is 2.00 bits per heavy atom. The molecule has 1 aromatic carbocycles. The SMILES string of the molecule is NC(=O)C1CCN(c2ccc(Cl)cc2N)CC1. The number of anilines is 2. The first-order chi connectivity index (χ1) is 8.08. The van der Waals surface area contributed by atoms with Crippen molar-refractivity contribution in [3.8, 4) is 0 Å². The number of amides is 1. The summed E-state index contributed by atoms with van der Waals surface area (Å²) in [5.41, 5.74) is 12.9. The van der Waals surface area contributed by atoms with E-state index in [-0.39, 0.29) is 11.8 Å². The van der Waals surface area contributed by atoms with Crippen molar-refractivity contribution < 1.29 is 4.79 Å². The molecular weight excluding hydrogens is 238 g/mol. The van der Waals surface area contributed by atoms with Gasteiger partial charge in [0.05, 0.1) is 11.4 Å². The zero-order valence-corrected chi connectivity index (χ0v) is 10.3.